The van der Waals surface area contributed by atoms with Gasteiger partial charge in [-0.3, -0.25) is 9.59 Å². The fourth-order valence-corrected chi connectivity index (χ4v) is 2.85. The van der Waals surface area contributed by atoms with Crippen molar-refractivity contribution >= 4 is 28.6 Å². The van der Waals surface area contributed by atoms with E-state index in [1.165, 1.54) is 0 Å². The molecule has 2 N–H and O–H groups in total. The molecule has 0 bridgehead atoms. The molecule has 2 aromatic heterocycles. The molecule has 0 saturated heterocycles. The minimum atomic E-state index is -0.803. The third kappa shape index (κ3) is 4.01. The van der Waals surface area contributed by atoms with Gasteiger partial charge in [0, 0.05) is 24.2 Å². The summed E-state index contributed by atoms with van der Waals surface area (Å²) in [5.74, 6) is -0.186. The molecule has 8 nitrogen and oxygen atoms in total. The normalized spacial score (nSPS) is 11.9. The van der Waals surface area contributed by atoms with Gasteiger partial charge in [0.1, 0.15) is 11.6 Å². The third-order valence-electron chi connectivity index (χ3n) is 4.26. The number of hydrogen-bond donors (Lipinski definition) is 2. The van der Waals surface area contributed by atoms with Crippen molar-refractivity contribution in [2.75, 3.05) is 5.32 Å². The Morgan fingerprint density at radius 1 is 1.03 bits per heavy atom. The van der Waals surface area contributed by atoms with E-state index in [0.717, 1.165) is 5.56 Å². The van der Waals surface area contributed by atoms with Crippen LogP contribution in [0.15, 0.2) is 63.6 Å². The van der Waals surface area contributed by atoms with Crippen LogP contribution in [0.3, 0.4) is 0 Å². The lowest BCUT2D eigenvalue weighted by Gasteiger charge is -2.10. The number of oxazole rings is 2. The second kappa shape index (κ2) is 7.59. The highest BCUT2D eigenvalue weighted by molar-refractivity contribution is 6.39. The Morgan fingerprint density at radius 2 is 1.83 bits per heavy atom. The summed E-state index contributed by atoms with van der Waals surface area (Å²) in [6, 6.07) is 13.9. The number of benzene rings is 2. The first-order valence-corrected chi connectivity index (χ1v) is 9.00. The van der Waals surface area contributed by atoms with Crippen molar-refractivity contribution in [1.29, 1.82) is 0 Å². The quantitative estimate of drug-likeness (QED) is 0.515. The molecule has 146 valence electrons. The fourth-order valence-electron chi connectivity index (χ4n) is 2.85. The number of rotatable bonds is 4. The van der Waals surface area contributed by atoms with E-state index in [-0.39, 0.29) is 0 Å². The van der Waals surface area contributed by atoms with Crippen LogP contribution in [0, 0.1) is 6.92 Å². The summed E-state index contributed by atoms with van der Waals surface area (Å²) < 4.78 is 11.1. The van der Waals surface area contributed by atoms with E-state index in [9.17, 15) is 9.59 Å². The first-order valence-electron chi connectivity index (χ1n) is 9.00. The minimum Gasteiger partial charge on any atom is -0.441 e. The molecule has 0 radical (unpaired) electrons. The molecule has 0 spiro atoms. The van der Waals surface area contributed by atoms with E-state index in [0.29, 0.717) is 34.3 Å². The van der Waals surface area contributed by atoms with Gasteiger partial charge in [-0.2, -0.15) is 0 Å². The molecule has 29 heavy (non-hydrogen) atoms. The maximum absolute atomic E-state index is 12.2. The molecule has 0 fully saturated rings. The molecule has 1 unspecified atom stereocenters. The lowest BCUT2D eigenvalue weighted by Crippen LogP contribution is -2.37. The van der Waals surface area contributed by atoms with Gasteiger partial charge in [0.15, 0.2) is 17.2 Å². The van der Waals surface area contributed by atoms with Crippen molar-refractivity contribution in [1.82, 2.24) is 15.3 Å². The van der Waals surface area contributed by atoms with Crippen molar-refractivity contribution in [3.63, 3.8) is 0 Å². The average Bonchev–Trinajstić information content (AvgIpc) is 3.34. The zero-order chi connectivity index (χ0) is 20.4. The van der Waals surface area contributed by atoms with Crippen LogP contribution in [0.2, 0.25) is 0 Å². The van der Waals surface area contributed by atoms with E-state index in [2.05, 4.69) is 20.6 Å². The standard InChI is InChI=1S/C21H18N4O4/c1-12(21-22-11-18(29-21)14-6-4-3-5-7-14)23-19(26)20(27)25-15-8-9-16-17(10-15)28-13(2)24-16/h3-12H,1-2H3,(H,23,26)(H,25,27). The summed E-state index contributed by atoms with van der Waals surface area (Å²) >= 11 is 0. The maximum atomic E-state index is 12.2. The first-order chi connectivity index (χ1) is 14.0. The molecular weight excluding hydrogens is 372 g/mol. The number of carbonyl (C=O) groups excluding carboxylic acids is 2. The Kier molecular flexibility index (Phi) is 4.82. The number of aryl methyl sites for hydroxylation is 1. The molecule has 0 aliphatic heterocycles. The van der Waals surface area contributed by atoms with Crippen LogP contribution < -0.4 is 10.6 Å². The van der Waals surface area contributed by atoms with E-state index < -0.39 is 17.9 Å². The van der Waals surface area contributed by atoms with Crippen molar-refractivity contribution in [2.45, 2.75) is 19.9 Å². The second-order valence-electron chi connectivity index (χ2n) is 6.49. The van der Waals surface area contributed by atoms with Gasteiger partial charge < -0.3 is 19.5 Å². The monoisotopic (exact) mass is 390 g/mol. The predicted octanol–water partition coefficient (Wildman–Crippen LogP) is 3.61. The molecule has 2 amide bonds. The van der Waals surface area contributed by atoms with Crippen LogP contribution in [0.1, 0.15) is 24.7 Å². The van der Waals surface area contributed by atoms with Crippen LogP contribution in [0.5, 0.6) is 0 Å². The van der Waals surface area contributed by atoms with E-state index in [4.69, 9.17) is 8.83 Å². The first kappa shape index (κ1) is 18.4. The molecule has 0 saturated carbocycles. The number of hydrogen-bond acceptors (Lipinski definition) is 6. The van der Waals surface area contributed by atoms with Crippen molar-refractivity contribution in [2.24, 2.45) is 0 Å². The minimum absolute atomic E-state index is 0.309. The Bertz CT molecular complexity index is 1180. The molecule has 4 aromatic rings. The van der Waals surface area contributed by atoms with Crippen molar-refractivity contribution < 1.29 is 18.4 Å². The largest absolute Gasteiger partial charge is 0.441 e. The zero-order valence-corrected chi connectivity index (χ0v) is 15.8. The molecule has 2 heterocycles. The van der Waals surface area contributed by atoms with Crippen LogP contribution in [-0.4, -0.2) is 21.8 Å². The molecule has 2 aromatic carbocycles. The number of nitrogens with zero attached hydrogens (tertiary/aromatic N) is 2. The number of amides is 2. The molecule has 1 atom stereocenters. The lowest BCUT2D eigenvalue weighted by molar-refractivity contribution is -0.136. The second-order valence-corrected chi connectivity index (χ2v) is 6.49. The number of carbonyl (C=O) groups is 2. The molecule has 4 rings (SSSR count). The summed E-state index contributed by atoms with van der Waals surface area (Å²) in [6.07, 6.45) is 1.59. The highest BCUT2D eigenvalue weighted by Crippen LogP contribution is 2.23. The highest BCUT2D eigenvalue weighted by Gasteiger charge is 2.21. The number of fused-ring (bicyclic) bond motifs is 1. The van der Waals surface area contributed by atoms with Gasteiger partial charge in [-0.25, -0.2) is 9.97 Å². The molecule has 0 aliphatic carbocycles. The van der Waals surface area contributed by atoms with Gasteiger partial charge in [0.25, 0.3) is 0 Å². The third-order valence-corrected chi connectivity index (χ3v) is 4.26. The van der Waals surface area contributed by atoms with E-state index >= 15 is 0 Å². The fraction of sp³-hybridized carbons (Fsp3) is 0.143. The summed E-state index contributed by atoms with van der Waals surface area (Å²) in [5.41, 5.74) is 2.52. The van der Waals surface area contributed by atoms with Gasteiger partial charge in [-0.15, -0.1) is 0 Å². The Labute approximate surface area is 166 Å². The summed E-state index contributed by atoms with van der Waals surface area (Å²) in [5, 5.41) is 5.12. The number of anilines is 1. The van der Waals surface area contributed by atoms with Crippen molar-refractivity contribution in [3.05, 3.63) is 66.5 Å². The summed E-state index contributed by atoms with van der Waals surface area (Å²) in [7, 11) is 0. The molecule has 8 heteroatoms. The van der Waals surface area contributed by atoms with Gasteiger partial charge in [-0.1, -0.05) is 30.3 Å². The number of nitrogens with one attached hydrogen (secondary N) is 2. The average molecular weight is 390 g/mol. The molecular formula is C21H18N4O4. The number of aromatic nitrogens is 2. The molecule has 0 aliphatic rings. The Balaban J connectivity index is 1.40. The maximum Gasteiger partial charge on any atom is 0.313 e. The van der Waals surface area contributed by atoms with Gasteiger partial charge in [0.05, 0.1) is 6.20 Å². The lowest BCUT2D eigenvalue weighted by atomic mass is 10.2. The predicted molar refractivity (Wildman–Crippen MR) is 106 cm³/mol. The Morgan fingerprint density at radius 3 is 2.62 bits per heavy atom. The van der Waals surface area contributed by atoms with Gasteiger partial charge in [0.2, 0.25) is 5.89 Å². The van der Waals surface area contributed by atoms with Crippen LogP contribution in [0.25, 0.3) is 22.4 Å². The van der Waals surface area contributed by atoms with Crippen LogP contribution in [-0.2, 0) is 9.59 Å². The summed E-state index contributed by atoms with van der Waals surface area (Å²) in [6.45, 7) is 3.42. The smallest absolute Gasteiger partial charge is 0.313 e. The van der Waals surface area contributed by atoms with E-state index in [1.807, 2.05) is 30.3 Å². The highest BCUT2D eigenvalue weighted by atomic mass is 16.4. The van der Waals surface area contributed by atoms with Gasteiger partial charge in [-0.05, 0) is 19.1 Å². The SMILES string of the molecule is Cc1nc2ccc(NC(=O)C(=O)NC(C)c3ncc(-c4ccccc4)o3)cc2o1. The van der Waals surface area contributed by atoms with Crippen molar-refractivity contribution in [3.8, 4) is 11.3 Å². The summed E-state index contributed by atoms with van der Waals surface area (Å²) in [4.78, 5) is 32.9. The van der Waals surface area contributed by atoms with Crippen LogP contribution in [0.4, 0.5) is 5.69 Å². The topological polar surface area (TPSA) is 110 Å². The van der Waals surface area contributed by atoms with Crippen LogP contribution >= 0.6 is 0 Å². The van der Waals surface area contributed by atoms with E-state index in [1.54, 1.807) is 38.2 Å². The zero-order valence-electron chi connectivity index (χ0n) is 15.8. The van der Waals surface area contributed by atoms with Gasteiger partial charge >= 0.3 is 11.8 Å². The Hall–Kier alpha value is -3.94.